The Bertz CT molecular complexity index is 283. The fourth-order valence-corrected chi connectivity index (χ4v) is 2.60. The van der Waals surface area contributed by atoms with Gasteiger partial charge in [0.05, 0.1) is 5.92 Å². The lowest BCUT2D eigenvalue weighted by molar-refractivity contribution is -0.150. The molecule has 100 valence electrons. The highest BCUT2D eigenvalue weighted by Gasteiger charge is 2.44. The lowest BCUT2D eigenvalue weighted by Crippen LogP contribution is -2.65. The van der Waals surface area contributed by atoms with Crippen LogP contribution in [0.1, 0.15) is 19.8 Å². The molecule has 2 atom stereocenters. The molecule has 0 saturated carbocycles. The first kappa shape index (κ1) is 16.2. The Morgan fingerprint density at radius 1 is 1.35 bits per heavy atom. The fraction of sp³-hybridized carbons (Fsp3) is 0.800. The number of carbonyl (C=O) groups is 2. The van der Waals surface area contributed by atoms with Crippen LogP contribution in [0.4, 0.5) is 0 Å². The van der Waals surface area contributed by atoms with E-state index in [4.69, 9.17) is 21.7 Å². The van der Waals surface area contributed by atoms with Crippen molar-refractivity contribution in [1.29, 1.82) is 0 Å². The summed E-state index contributed by atoms with van der Waals surface area (Å²) in [5, 5.41) is 18.1. The summed E-state index contributed by atoms with van der Waals surface area (Å²) in [5.41, 5.74) is 9.11. The van der Waals surface area contributed by atoms with Gasteiger partial charge in [-0.1, -0.05) is 13.3 Å². The number of hydrogen-bond acceptors (Lipinski definition) is 5. The van der Waals surface area contributed by atoms with Gasteiger partial charge in [-0.25, -0.2) is 4.79 Å². The molecule has 0 saturated heterocycles. The summed E-state index contributed by atoms with van der Waals surface area (Å²) in [6.45, 7) is 1.83. The normalized spacial score (nSPS) is 15.3. The van der Waals surface area contributed by atoms with Crippen molar-refractivity contribution in [2.24, 2.45) is 23.3 Å². The average molecular weight is 264 g/mol. The van der Waals surface area contributed by atoms with Crippen LogP contribution in [0.25, 0.3) is 0 Å². The molecular formula is C10H20N2O4S. The van der Waals surface area contributed by atoms with Crippen LogP contribution in [0.5, 0.6) is 0 Å². The number of nitrogens with two attached hydrogens (primary N) is 2. The summed E-state index contributed by atoms with van der Waals surface area (Å²) in [6.07, 6.45) is 2.76. The Kier molecular flexibility index (Phi) is 6.51. The average Bonchev–Trinajstić information content (AvgIpc) is 2.22. The second kappa shape index (κ2) is 6.83. The van der Waals surface area contributed by atoms with Gasteiger partial charge in [-0.2, -0.15) is 11.8 Å². The molecule has 0 unspecified atom stereocenters. The van der Waals surface area contributed by atoms with Gasteiger partial charge in [-0.05, 0) is 12.7 Å². The van der Waals surface area contributed by atoms with Crippen LogP contribution in [-0.4, -0.2) is 39.8 Å². The molecule has 0 amide bonds. The summed E-state index contributed by atoms with van der Waals surface area (Å²) >= 11 is 1.34. The van der Waals surface area contributed by atoms with E-state index < -0.39 is 29.4 Å². The van der Waals surface area contributed by atoms with Crippen LogP contribution in [0.2, 0.25) is 0 Å². The molecule has 0 aromatic rings. The van der Waals surface area contributed by atoms with Crippen molar-refractivity contribution >= 4 is 23.7 Å². The maximum atomic E-state index is 11.2. The number of carboxylic acid groups (broad SMARTS) is 2. The minimum atomic E-state index is -2.01. The van der Waals surface area contributed by atoms with Crippen LogP contribution in [0.15, 0.2) is 0 Å². The Morgan fingerprint density at radius 2 is 1.88 bits per heavy atom. The Balaban J connectivity index is 5.16. The minimum Gasteiger partial charge on any atom is -0.481 e. The van der Waals surface area contributed by atoms with Gasteiger partial charge in [0.1, 0.15) is 0 Å². The zero-order chi connectivity index (χ0) is 13.6. The first-order chi connectivity index (χ1) is 7.78. The molecule has 0 heterocycles. The molecule has 0 spiro atoms. The molecule has 6 N–H and O–H groups in total. The zero-order valence-electron chi connectivity index (χ0n) is 10.0. The Labute approximate surface area is 105 Å². The van der Waals surface area contributed by atoms with Crippen molar-refractivity contribution in [1.82, 2.24) is 0 Å². The van der Waals surface area contributed by atoms with Gasteiger partial charge in [-0.3, -0.25) is 4.79 Å². The summed E-state index contributed by atoms with van der Waals surface area (Å²) in [4.78, 5) is 22.2. The third-order valence-corrected chi connectivity index (χ3v) is 3.43. The molecule has 0 aromatic heterocycles. The molecule has 17 heavy (non-hydrogen) atoms. The van der Waals surface area contributed by atoms with E-state index in [1.165, 1.54) is 11.8 Å². The number of aliphatic carboxylic acids is 2. The molecular weight excluding hydrogens is 244 g/mol. The van der Waals surface area contributed by atoms with E-state index in [1.807, 2.05) is 6.92 Å². The van der Waals surface area contributed by atoms with Crippen molar-refractivity contribution < 1.29 is 19.8 Å². The van der Waals surface area contributed by atoms with Crippen molar-refractivity contribution in [2.75, 3.05) is 12.0 Å². The predicted molar refractivity (Wildman–Crippen MR) is 66.6 cm³/mol. The van der Waals surface area contributed by atoms with Crippen LogP contribution < -0.4 is 11.5 Å². The monoisotopic (exact) mass is 264 g/mol. The molecule has 0 aliphatic rings. The van der Waals surface area contributed by atoms with E-state index >= 15 is 0 Å². The lowest BCUT2D eigenvalue weighted by atomic mass is 9.81. The van der Waals surface area contributed by atoms with Gasteiger partial charge in [0, 0.05) is 11.7 Å². The highest BCUT2D eigenvalue weighted by Crippen LogP contribution is 2.27. The number of thioether (sulfide) groups is 1. The van der Waals surface area contributed by atoms with E-state index in [0.717, 1.165) is 0 Å². The molecule has 0 radical (unpaired) electrons. The van der Waals surface area contributed by atoms with Gasteiger partial charge >= 0.3 is 11.9 Å². The predicted octanol–water partition coefficient (Wildman–Crippen LogP) is 0.165. The van der Waals surface area contributed by atoms with Gasteiger partial charge < -0.3 is 21.7 Å². The highest BCUT2D eigenvalue weighted by molar-refractivity contribution is 7.98. The number of hydrogen-bond donors (Lipinski definition) is 4. The molecule has 0 aliphatic heterocycles. The van der Waals surface area contributed by atoms with E-state index in [0.29, 0.717) is 18.6 Å². The smallest absolute Gasteiger partial charge is 0.338 e. The third kappa shape index (κ3) is 4.18. The zero-order valence-corrected chi connectivity index (χ0v) is 10.9. The fourth-order valence-electron chi connectivity index (χ4n) is 1.73. The standard InChI is InChI=1S/C10H20N2O4S/c1-3-4-6(8(13)14)7(5-17-2)10(11,12)9(15)16/h6-7H,3-5,11-12H2,1-2H3,(H,13,14)(H,15,16)/t6-,7-/m0/s1. The van der Waals surface area contributed by atoms with Crippen LogP contribution in [-0.2, 0) is 9.59 Å². The summed E-state index contributed by atoms with van der Waals surface area (Å²) < 4.78 is 0. The first-order valence-electron chi connectivity index (χ1n) is 5.31. The Morgan fingerprint density at radius 3 is 2.18 bits per heavy atom. The van der Waals surface area contributed by atoms with Crippen molar-refractivity contribution in [2.45, 2.75) is 25.4 Å². The first-order valence-corrected chi connectivity index (χ1v) is 6.71. The van der Waals surface area contributed by atoms with E-state index in [2.05, 4.69) is 0 Å². The Hall–Kier alpha value is -0.790. The summed E-state index contributed by atoms with van der Waals surface area (Å²) in [5.74, 6) is -3.76. The van der Waals surface area contributed by atoms with E-state index in [-0.39, 0.29) is 0 Å². The van der Waals surface area contributed by atoms with E-state index in [9.17, 15) is 9.59 Å². The quantitative estimate of drug-likeness (QED) is 0.460. The molecule has 6 nitrogen and oxygen atoms in total. The molecule has 0 fully saturated rings. The number of rotatable bonds is 8. The lowest BCUT2D eigenvalue weighted by Gasteiger charge is -2.33. The van der Waals surface area contributed by atoms with Gasteiger partial charge in [0.25, 0.3) is 0 Å². The van der Waals surface area contributed by atoms with Crippen LogP contribution >= 0.6 is 11.8 Å². The summed E-state index contributed by atoms with van der Waals surface area (Å²) in [7, 11) is 0. The largest absolute Gasteiger partial charge is 0.481 e. The van der Waals surface area contributed by atoms with Crippen molar-refractivity contribution in [3.8, 4) is 0 Å². The SMILES string of the molecule is CCC[C@H](C(=O)O)[C@H](CSC)C(N)(N)C(=O)O. The van der Waals surface area contributed by atoms with E-state index in [1.54, 1.807) is 6.26 Å². The molecule has 0 bridgehead atoms. The third-order valence-electron chi connectivity index (χ3n) is 2.73. The second-order valence-electron chi connectivity index (χ2n) is 4.03. The number of carboxylic acids is 2. The van der Waals surface area contributed by atoms with Gasteiger partial charge in [0.15, 0.2) is 5.66 Å². The molecule has 0 rings (SSSR count). The molecule has 0 aliphatic carbocycles. The minimum absolute atomic E-state index is 0.302. The summed E-state index contributed by atoms with van der Waals surface area (Å²) in [6, 6.07) is 0. The molecule has 0 aromatic carbocycles. The van der Waals surface area contributed by atoms with Gasteiger partial charge in [0.2, 0.25) is 0 Å². The van der Waals surface area contributed by atoms with Gasteiger partial charge in [-0.15, -0.1) is 0 Å². The van der Waals surface area contributed by atoms with Crippen molar-refractivity contribution in [3.63, 3.8) is 0 Å². The maximum Gasteiger partial charge on any atom is 0.338 e. The van der Waals surface area contributed by atoms with Crippen molar-refractivity contribution in [3.05, 3.63) is 0 Å². The van der Waals surface area contributed by atoms with Crippen LogP contribution in [0, 0.1) is 11.8 Å². The highest BCUT2D eigenvalue weighted by atomic mass is 32.2. The molecule has 7 heteroatoms. The topological polar surface area (TPSA) is 127 Å². The maximum absolute atomic E-state index is 11.2. The van der Waals surface area contributed by atoms with Crippen LogP contribution in [0.3, 0.4) is 0 Å². The second-order valence-corrected chi connectivity index (χ2v) is 4.94.